The van der Waals surface area contributed by atoms with Crippen LogP contribution in [-0.2, 0) is 0 Å². The van der Waals surface area contributed by atoms with Crippen molar-refractivity contribution in [2.45, 2.75) is 90.5 Å². The van der Waals surface area contributed by atoms with Gasteiger partial charge in [0.15, 0.2) is 16.4 Å². The van der Waals surface area contributed by atoms with Crippen molar-refractivity contribution in [1.29, 1.82) is 5.26 Å². The fraction of sp³-hybridized carbons (Fsp3) is 0.333. The second-order valence-electron chi connectivity index (χ2n) is 18.0. The minimum atomic E-state index is -0.938. The zero-order valence-electron chi connectivity index (χ0n) is 37.1. The number of carbonyl (C=O) groups is 2. The van der Waals surface area contributed by atoms with Gasteiger partial charge in [0.1, 0.15) is 6.07 Å². The van der Waals surface area contributed by atoms with Crippen molar-refractivity contribution < 1.29 is 19.8 Å². The number of rotatable bonds is 13. The van der Waals surface area contributed by atoms with E-state index < -0.39 is 11.2 Å². The lowest BCUT2D eigenvalue weighted by atomic mass is 10.0. The number of aromatic nitrogens is 7. The number of halogens is 1. The first kappa shape index (κ1) is 44.7. The number of fused-ring (bicyclic) bond motifs is 2. The van der Waals surface area contributed by atoms with Gasteiger partial charge in [0.25, 0.3) is 11.8 Å². The lowest BCUT2D eigenvalue weighted by molar-refractivity contribution is 0.0939. The number of amides is 2. The molecule has 5 aromatic heterocycles. The summed E-state index contributed by atoms with van der Waals surface area (Å²) in [5.74, 6) is -0.0861. The van der Waals surface area contributed by atoms with Crippen molar-refractivity contribution in [3.05, 3.63) is 112 Å². The van der Waals surface area contributed by atoms with Crippen LogP contribution in [-0.4, -0.2) is 92.6 Å². The van der Waals surface area contributed by atoms with Gasteiger partial charge < -0.3 is 31.5 Å². The van der Waals surface area contributed by atoms with Crippen molar-refractivity contribution in [3.63, 3.8) is 0 Å². The van der Waals surface area contributed by atoms with E-state index in [4.69, 9.17) is 16.7 Å². The summed E-state index contributed by atoms with van der Waals surface area (Å²) in [4.78, 5) is 38.2. The van der Waals surface area contributed by atoms with E-state index in [9.17, 15) is 25.1 Å². The van der Waals surface area contributed by atoms with E-state index in [-0.39, 0.29) is 11.8 Å². The zero-order chi connectivity index (χ0) is 46.2. The lowest BCUT2D eigenvalue weighted by Gasteiger charge is -2.19. The normalized spacial score (nSPS) is 13.8. The first-order valence-corrected chi connectivity index (χ1v) is 21.9. The third-order valence-corrected chi connectivity index (χ3v) is 11.0. The van der Waals surface area contributed by atoms with Gasteiger partial charge in [-0.1, -0.05) is 23.7 Å². The van der Waals surface area contributed by atoms with Gasteiger partial charge in [-0.2, -0.15) is 15.5 Å². The number of aryl methyl sites for hydroxylation is 2. The van der Waals surface area contributed by atoms with Gasteiger partial charge in [0, 0.05) is 71.5 Å². The average molecular weight is 895 g/mol. The number of aliphatic hydroxyl groups is 2. The molecule has 6 N–H and O–H groups in total. The maximum atomic E-state index is 12.6. The first-order chi connectivity index (χ1) is 30.9. The Balaban J connectivity index is 0.000000181. The molecule has 0 radical (unpaired) electrons. The molecule has 9 rings (SSSR count). The minimum Gasteiger partial charge on any atom is -0.389 e. The van der Waals surface area contributed by atoms with Crippen LogP contribution >= 0.6 is 11.6 Å². The minimum absolute atomic E-state index is 0.0334. The van der Waals surface area contributed by atoms with E-state index in [2.05, 4.69) is 47.4 Å². The highest BCUT2D eigenvalue weighted by molar-refractivity contribution is 6.29. The summed E-state index contributed by atoms with van der Waals surface area (Å²) in [5, 5.41) is 51.6. The quantitative estimate of drug-likeness (QED) is 0.0680. The van der Waals surface area contributed by atoms with Crippen molar-refractivity contribution in [2.24, 2.45) is 0 Å². The highest BCUT2D eigenvalue weighted by Gasteiger charge is 2.26. The molecule has 0 aliphatic heterocycles. The van der Waals surface area contributed by atoms with Crippen LogP contribution in [0.4, 0.5) is 11.4 Å². The Kier molecular flexibility index (Phi) is 12.3. The van der Waals surface area contributed by atoms with Crippen molar-refractivity contribution in [2.75, 3.05) is 23.7 Å². The Morgan fingerprint density at radius 3 is 1.66 bits per heavy atom. The van der Waals surface area contributed by atoms with Gasteiger partial charge in [-0.15, -0.1) is 0 Å². The van der Waals surface area contributed by atoms with Crippen molar-refractivity contribution >= 4 is 46.1 Å². The molecule has 16 nitrogen and oxygen atoms in total. The number of imidazole rings is 2. The first-order valence-electron chi connectivity index (χ1n) is 21.5. The van der Waals surface area contributed by atoms with Crippen LogP contribution in [0.25, 0.3) is 45.1 Å². The fourth-order valence-corrected chi connectivity index (χ4v) is 7.29. The molecule has 2 aliphatic rings. The number of nitriles is 1. The summed E-state index contributed by atoms with van der Waals surface area (Å²) in [6, 6.07) is 19.4. The fourth-order valence-electron chi connectivity index (χ4n) is 7.10. The van der Waals surface area contributed by atoms with Gasteiger partial charge >= 0.3 is 0 Å². The highest BCUT2D eigenvalue weighted by atomic mass is 35.5. The molecule has 7 aromatic rings. The van der Waals surface area contributed by atoms with E-state index in [0.29, 0.717) is 80.9 Å². The Bertz CT molecular complexity index is 2990. The number of nitrogens with one attached hydrogen (secondary N) is 4. The molecule has 0 bridgehead atoms. The van der Waals surface area contributed by atoms with Crippen LogP contribution in [0.2, 0.25) is 5.15 Å². The van der Waals surface area contributed by atoms with E-state index in [1.807, 2.05) is 56.3 Å². The molecule has 334 valence electrons. The van der Waals surface area contributed by atoms with Crippen LogP contribution in [0.5, 0.6) is 0 Å². The Morgan fingerprint density at radius 2 is 1.20 bits per heavy atom. The molecule has 2 aromatic carbocycles. The molecule has 0 atom stereocenters. The summed E-state index contributed by atoms with van der Waals surface area (Å²) in [7, 11) is 0. The van der Waals surface area contributed by atoms with Crippen LogP contribution in [0, 0.1) is 25.2 Å². The largest absolute Gasteiger partial charge is 0.389 e. The van der Waals surface area contributed by atoms with Crippen LogP contribution < -0.4 is 21.3 Å². The molecule has 0 spiro atoms. The molecular weight excluding hydrogens is 844 g/mol. The van der Waals surface area contributed by atoms with Crippen LogP contribution in [0.15, 0.2) is 79.4 Å². The molecule has 5 heterocycles. The summed E-state index contributed by atoms with van der Waals surface area (Å²) >= 11 is 6.23. The molecule has 2 aliphatic carbocycles. The molecule has 65 heavy (non-hydrogen) atoms. The molecule has 2 fully saturated rings. The standard InChI is InChI=1S/C27H27N7O2.C21H24ClN5O2/c1-16-8-18(4-7-21(16)26(35)32-20-5-6-20)24-14-30-25-23(31-15-27(2,3)36)10-22(33-34(24)25)19-9-17(11-28)12-29-13-19;1-12-8-13(4-7-15(12)20(28)25-14-5-6-14)17-10-23-19-16(24-11-21(2,3)29)9-18(22)26-27(17)19/h4,7-10,12-14,20,31,36H,5-6,15H2,1-3H3,(H,32,35);4,7-10,14,24,29H,5-6,11H2,1-3H3,(H,25,28). The van der Waals surface area contributed by atoms with Gasteiger partial charge in [0.05, 0.1) is 57.6 Å². The molecule has 0 unspecified atom stereocenters. The Morgan fingerprint density at radius 1 is 0.708 bits per heavy atom. The second kappa shape index (κ2) is 17.9. The van der Waals surface area contributed by atoms with E-state index in [1.165, 1.54) is 6.20 Å². The van der Waals surface area contributed by atoms with Crippen molar-refractivity contribution in [1.82, 2.24) is 44.8 Å². The predicted octanol–water partition coefficient (Wildman–Crippen LogP) is 7.15. The number of nitrogens with zero attached hydrogens (tertiary/aromatic N) is 8. The van der Waals surface area contributed by atoms with Crippen LogP contribution in [0.3, 0.4) is 0 Å². The Hall–Kier alpha value is -6.93. The SMILES string of the molecule is Cc1cc(-c2cnc3c(NCC(C)(C)O)cc(-c4cncc(C#N)c4)nn23)ccc1C(=O)NC1CC1.Cc1cc(-c2cnc3c(NCC(C)(C)O)cc(Cl)nn23)ccc1C(=O)NC1CC1. The van der Waals surface area contributed by atoms with E-state index >= 15 is 0 Å². The number of carbonyl (C=O) groups excluding carboxylic acids is 2. The topological polar surface area (TPSA) is 220 Å². The van der Waals surface area contributed by atoms with E-state index in [1.54, 1.807) is 67.4 Å². The smallest absolute Gasteiger partial charge is 0.251 e. The Labute approximate surface area is 381 Å². The molecular formula is C48H51ClN12O4. The van der Waals surface area contributed by atoms with Gasteiger partial charge in [-0.3, -0.25) is 14.6 Å². The highest BCUT2D eigenvalue weighted by Crippen LogP contribution is 2.31. The maximum Gasteiger partial charge on any atom is 0.251 e. The van der Waals surface area contributed by atoms with Gasteiger partial charge in [-0.25, -0.2) is 19.0 Å². The predicted molar refractivity (Wildman–Crippen MR) is 250 cm³/mol. The van der Waals surface area contributed by atoms with Gasteiger partial charge in [-0.05, 0) is 115 Å². The van der Waals surface area contributed by atoms with E-state index in [0.717, 1.165) is 59.3 Å². The van der Waals surface area contributed by atoms with Crippen molar-refractivity contribution in [3.8, 4) is 39.8 Å². The third-order valence-electron chi connectivity index (χ3n) is 10.9. The number of anilines is 2. The lowest BCUT2D eigenvalue weighted by Crippen LogP contribution is -2.29. The van der Waals surface area contributed by atoms with Gasteiger partial charge in [0.2, 0.25) is 0 Å². The summed E-state index contributed by atoms with van der Waals surface area (Å²) in [6.07, 6.45) is 10.8. The number of hydrogen-bond donors (Lipinski definition) is 6. The maximum absolute atomic E-state index is 12.6. The van der Waals surface area contributed by atoms with Crippen LogP contribution in [0.1, 0.15) is 90.8 Å². The monoisotopic (exact) mass is 894 g/mol. The average Bonchev–Trinajstić information content (AvgIpc) is 4.18. The zero-order valence-corrected chi connectivity index (χ0v) is 37.8. The summed E-state index contributed by atoms with van der Waals surface area (Å²) < 4.78 is 3.41. The third kappa shape index (κ3) is 10.7. The summed E-state index contributed by atoms with van der Waals surface area (Å²) in [5.41, 5.74) is 8.84. The molecule has 17 heteroatoms. The second-order valence-corrected chi connectivity index (χ2v) is 18.4. The molecule has 0 saturated heterocycles. The number of hydrogen-bond acceptors (Lipinski definition) is 12. The number of benzene rings is 2. The molecule has 2 saturated carbocycles. The number of pyridine rings is 1. The molecule has 2 amide bonds. The summed E-state index contributed by atoms with van der Waals surface area (Å²) in [6.45, 7) is 11.4.